The molecule has 0 bridgehead atoms. The molecule has 2 N–H and O–H groups in total. The summed E-state index contributed by atoms with van der Waals surface area (Å²) in [6.07, 6.45) is 0.852. The van der Waals surface area contributed by atoms with Crippen molar-refractivity contribution < 1.29 is 14.3 Å². The molecule has 0 fully saturated rings. The molecule has 4 heteroatoms. The molecule has 0 atom stereocenters. The first-order valence-corrected chi connectivity index (χ1v) is 5.78. The summed E-state index contributed by atoms with van der Waals surface area (Å²) in [7, 11) is 0. The maximum absolute atomic E-state index is 11.6. The van der Waals surface area contributed by atoms with Crippen LogP contribution in [0.3, 0.4) is 0 Å². The lowest BCUT2D eigenvalue weighted by Gasteiger charge is -2.12. The lowest BCUT2D eigenvalue weighted by molar-refractivity contribution is 0.0505. The van der Waals surface area contributed by atoms with Crippen molar-refractivity contribution in [3.63, 3.8) is 0 Å². The van der Waals surface area contributed by atoms with Crippen molar-refractivity contribution in [3.05, 3.63) is 23.8 Å². The molecular formula is C13H19NO3. The van der Waals surface area contributed by atoms with Crippen molar-refractivity contribution in [2.24, 2.45) is 0 Å². The largest absolute Gasteiger partial charge is 0.489 e. The topological polar surface area (TPSA) is 61.5 Å². The summed E-state index contributed by atoms with van der Waals surface area (Å²) in [5, 5.41) is 0. The van der Waals surface area contributed by atoms with Gasteiger partial charge in [-0.2, -0.15) is 0 Å². The number of carbonyl (C=O) groups is 1. The van der Waals surface area contributed by atoms with Crippen LogP contribution in [0.4, 0.5) is 5.69 Å². The van der Waals surface area contributed by atoms with Crippen LogP contribution in [0.5, 0.6) is 5.75 Å². The van der Waals surface area contributed by atoms with E-state index in [4.69, 9.17) is 15.2 Å². The second-order valence-electron chi connectivity index (χ2n) is 4.06. The second kappa shape index (κ2) is 6.13. The van der Waals surface area contributed by atoms with Gasteiger partial charge in [-0.05, 0) is 38.5 Å². The van der Waals surface area contributed by atoms with E-state index in [2.05, 4.69) is 0 Å². The average Bonchev–Trinajstić information content (AvgIpc) is 2.28. The van der Waals surface area contributed by atoms with Gasteiger partial charge in [0, 0.05) is 0 Å². The molecule has 0 heterocycles. The number of hydrogen-bond acceptors (Lipinski definition) is 4. The molecule has 0 saturated carbocycles. The van der Waals surface area contributed by atoms with E-state index in [9.17, 15) is 4.79 Å². The minimum atomic E-state index is -0.352. The molecule has 0 aliphatic carbocycles. The minimum absolute atomic E-state index is 0.0511. The molecule has 0 unspecified atom stereocenters. The Balaban J connectivity index is 2.77. The van der Waals surface area contributed by atoms with Crippen molar-refractivity contribution in [1.82, 2.24) is 0 Å². The molecule has 4 nitrogen and oxygen atoms in total. The Morgan fingerprint density at radius 3 is 2.65 bits per heavy atom. The number of hydrogen-bond donors (Lipinski definition) is 1. The monoisotopic (exact) mass is 237 g/mol. The number of nitrogen functional groups attached to an aromatic ring is 1. The molecule has 0 aromatic heterocycles. The van der Waals surface area contributed by atoms with Crippen LogP contribution in [0.1, 0.15) is 37.6 Å². The summed E-state index contributed by atoms with van der Waals surface area (Å²) in [6.45, 7) is 6.20. The smallest absolute Gasteiger partial charge is 0.338 e. The molecular weight excluding hydrogens is 218 g/mol. The van der Waals surface area contributed by atoms with Crippen LogP contribution in [0, 0.1) is 0 Å². The highest BCUT2D eigenvalue weighted by atomic mass is 16.5. The van der Waals surface area contributed by atoms with Crippen molar-refractivity contribution >= 4 is 11.7 Å². The van der Waals surface area contributed by atoms with Gasteiger partial charge in [-0.25, -0.2) is 4.79 Å². The molecule has 1 aromatic rings. The Morgan fingerprint density at radius 1 is 1.41 bits per heavy atom. The Hall–Kier alpha value is -1.71. The highest BCUT2D eigenvalue weighted by molar-refractivity contribution is 5.91. The SMILES string of the molecule is CCCOC(=O)c1ccc(OC(C)C)c(N)c1. The number of rotatable bonds is 5. The number of ether oxygens (including phenoxy) is 2. The Labute approximate surface area is 102 Å². The fourth-order valence-electron chi connectivity index (χ4n) is 1.31. The lowest BCUT2D eigenvalue weighted by Crippen LogP contribution is -2.10. The Kier molecular flexibility index (Phi) is 4.82. The molecule has 17 heavy (non-hydrogen) atoms. The minimum Gasteiger partial charge on any atom is -0.489 e. The van der Waals surface area contributed by atoms with Gasteiger partial charge in [0.2, 0.25) is 0 Å². The highest BCUT2D eigenvalue weighted by Gasteiger charge is 2.10. The van der Waals surface area contributed by atoms with Crippen LogP contribution in [0.25, 0.3) is 0 Å². The van der Waals surface area contributed by atoms with E-state index in [1.54, 1.807) is 18.2 Å². The molecule has 0 radical (unpaired) electrons. The molecule has 1 aromatic carbocycles. The fourth-order valence-corrected chi connectivity index (χ4v) is 1.31. The van der Waals surface area contributed by atoms with Gasteiger partial charge < -0.3 is 15.2 Å². The van der Waals surface area contributed by atoms with Gasteiger partial charge in [0.25, 0.3) is 0 Å². The van der Waals surface area contributed by atoms with Gasteiger partial charge in [-0.3, -0.25) is 0 Å². The van der Waals surface area contributed by atoms with E-state index in [0.717, 1.165) is 6.42 Å². The van der Waals surface area contributed by atoms with E-state index in [-0.39, 0.29) is 12.1 Å². The van der Waals surface area contributed by atoms with Crippen molar-refractivity contribution in [2.75, 3.05) is 12.3 Å². The number of benzene rings is 1. The van der Waals surface area contributed by atoms with Gasteiger partial charge >= 0.3 is 5.97 Å². The quantitative estimate of drug-likeness (QED) is 0.631. The first-order valence-electron chi connectivity index (χ1n) is 5.78. The average molecular weight is 237 g/mol. The summed E-state index contributed by atoms with van der Waals surface area (Å²) in [5.41, 5.74) is 6.70. The first kappa shape index (κ1) is 13.4. The normalized spacial score (nSPS) is 10.4. The number of nitrogens with two attached hydrogens (primary N) is 1. The summed E-state index contributed by atoms with van der Waals surface area (Å²) in [6, 6.07) is 4.93. The van der Waals surface area contributed by atoms with Crippen molar-refractivity contribution in [1.29, 1.82) is 0 Å². The number of carbonyl (C=O) groups excluding carboxylic acids is 1. The molecule has 0 spiro atoms. The highest BCUT2D eigenvalue weighted by Crippen LogP contribution is 2.24. The van der Waals surface area contributed by atoms with Gasteiger partial charge in [0.05, 0.1) is 24.0 Å². The zero-order chi connectivity index (χ0) is 12.8. The van der Waals surface area contributed by atoms with E-state index in [1.165, 1.54) is 0 Å². The fraction of sp³-hybridized carbons (Fsp3) is 0.462. The molecule has 0 amide bonds. The third kappa shape index (κ3) is 3.98. The molecule has 0 saturated heterocycles. The van der Waals surface area contributed by atoms with E-state index >= 15 is 0 Å². The molecule has 1 rings (SSSR count). The van der Waals surface area contributed by atoms with E-state index < -0.39 is 0 Å². The summed E-state index contributed by atoms with van der Waals surface area (Å²) in [4.78, 5) is 11.6. The van der Waals surface area contributed by atoms with E-state index in [1.807, 2.05) is 20.8 Å². The lowest BCUT2D eigenvalue weighted by atomic mass is 10.2. The van der Waals surface area contributed by atoms with Crippen LogP contribution < -0.4 is 10.5 Å². The van der Waals surface area contributed by atoms with Crippen LogP contribution >= 0.6 is 0 Å². The van der Waals surface area contributed by atoms with Crippen molar-refractivity contribution in [3.8, 4) is 5.75 Å². The Bertz CT molecular complexity index is 388. The third-order valence-electron chi connectivity index (χ3n) is 2.05. The number of anilines is 1. The van der Waals surface area contributed by atoms with Gasteiger partial charge in [0.1, 0.15) is 5.75 Å². The molecule has 0 aliphatic rings. The molecule has 0 aliphatic heterocycles. The standard InChI is InChI=1S/C13H19NO3/c1-4-7-16-13(15)10-5-6-12(11(14)8-10)17-9(2)3/h5-6,8-9H,4,7,14H2,1-3H3. The van der Waals surface area contributed by atoms with Gasteiger partial charge in [-0.1, -0.05) is 6.92 Å². The van der Waals surface area contributed by atoms with Crippen LogP contribution in [-0.2, 0) is 4.74 Å². The van der Waals surface area contributed by atoms with Crippen LogP contribution in [0.15, 0.2) is 18.2 Å². The third-order valence-corrected chi connectivity index (χ3v) is 2.05. The first-order chi connectivity index (χ1) is 8.04. The predicted octanol–water partition coefficient (Wildman–Crippen LogP) is 2.62. The maximum atomic E-state index is 11.6. The maximum Gasteiger partial charge on any atom is 0.338 e. The predicted molar refractivity (Wildman–Crippen MR) is 67.2 cm³/mol. The van der Waals surface area contributed by atoms with Crippen molar-refractivity contribution in [2.45, 2.75) is 33.3 Å². The number of esters is 1. The van der Waals surface area contributed by atoms with E-state index in [0.29, 0.717) is 23.6 Å². The zero-order valence-corrected chi connectivity index (χ0v) is 10.5. The zero-order valence-electron chi connectivity index (χ0n) is 10.5. The summed E-state index contributed by atoms with van der Waals surface area (Å²) >= 11 is 0. The van der Waals surface area contributed by atoms with Gasteiger partial charge in [-0.15, -0.1) is 0 Å². The van der Waals surface area contributed by atoms with Crippen LogP contribution in [0.2, 0.25) is 0 Å². The summed E-state index contributed by atoms with van der Waals surface area (Å²) in [5.74, 6) is 0.238. The summed E-state index contributed by atoms with van der Waals surface area (Å²) < 4.78 is 10.5. The van der Waals surface area contributed by atoms with Gasteiger partial charge in [0.15, 0.2) is 0 Å². The van der Waals surface area contributed by atoms with Crippen LogP contribution in [-0.4, -0.2) is 18.7 Å². The Morgan fingerprint density at radius 2 is 2.12 bits per heavy atom. The molecule has 94 valence electrons. The second-order valence-corrected chi connectivity index (χ2v) is 4.06.